The van der Waals surface area contributed by atoms with Crippen LogP contribution in [0.5, 0.6) is 0 Å². The molecule has 5 heteroatoms. The molecule has 0 spiro atoms. The standard InChI is InChI=1S/C10H11BrN2O2/c1-2-15-10(14)8-7(11)5-12-9(13-8)6-3-4-6/h5-6H,2-4H2,1H3. The lowest BCUT2D eigenvalue weighted by atomic mass is 10.3. The number of ether oxygens (including phenoxy) is 1. The maximum atomic E-state index is 11.5. The Labute approximate surface area is 96.2 Å². The van der Waals surface area contributed by atoms with Crippen molar-refractivity contribution >= 4 is 21.9 Å². The van der Waals surface area contributed by atoms with Crippen LogP contribution in [0, 0.1) is 0 Å². The van der Waals surface area contributed by atoms with Crippen LogP contribution in [0.2, 0.25) is 0 Å². The maximum absolute atomic E-state index is 11.5. The summed E-state index contributed by atoms with van der Waals surface area (Å²) in [5.74, 6) is 0.793. The van der Waals surface area contributed by atoms with Crippen molar-refractivity contribution in [3.63, 3.8) is 0 Å². The van der Waals surface area contributed by atoms with E-state index in [9.17, 15) is 4.79 Å². The molecular weight excluding hydrogens is 260 g/mol. The smallest absolute Gasteiger partial charge is 0.358 e. The van der Waals surface area contributed by atoms with Gasteiger partial charge >= 0.3 is 5.97 Å². The first kappa shape index (κ1) is 10.5. The minimum atomic E-state index is -0.395. The Balaban J connectivity index is 2.27. The highest BCUT2D eigenvalue weighted by Crippen LogP contribution is 2.38. The molecule has 0 amide bonds. The monoisotopic (exact) mass is 270 g/mol. The summed E-state index contributed by atoms with van der Waals surface area (Å²) in [6.07, 6.45) is 3.85. The highest BCUT2D eigenvalue weighted by atomic mass is 79.9. The molecular formula is C10H11BrN2O2. The van der Waals surface area contributed by atoms with E-state index >= 15 is 0 Å². The van der Waals surface area contributed by atoms with Gasteiger partial charge in [0, 0.05) is 12.1 Å². The van der Waals surface area contributed by atoms with Crippen LogP contribution in [0.3, 0.4) is 0 Å². The van der Waals surface area contributed by atoms with Gasteiger partial charge in [-0.05, 0) is 35.7 Å². The molecule has 1 aliphatic rings. The molecule has 0 aliphatic heterocycles. The van der Waals surface area contributed by atoms with Crippen LogP contribution in [0.15, 0.2) is 10.7 Å². The molecule has 1 fully saturated rings. The summed E-state index contributed by atoms with van der Waals surface area (Å²) in [5, 5.41) is 0. The average molecular weight is 271 g/mol. The zero-order valence-corrected chi connectivity index (χ0v) is 9.95. The fourth-order valence-electron chi connectivity index (χ4n) is 1.26. The average Bonchev–Trinajstić information content (AvgIpc) is 3.02. The molecule has 1 aromatic heterocycles. The largest absolute Gasteiger partial charge is 0.461 e. The van der Waals surface area contributed by atoms with Crippen LogP contribution in [-0.4, -0.2) is 22.5 Å². The fraction of sp³-hybridized carbons (Fsp3) is 0.500. The number of hydrogen-bond donors (Lipinski definition) is 0. The number of carbonyl (C=O) groups is 1. The summed E-state index contributed by atoms with van der Waals surface area (Å²) in [7, 11) is 0. The summed E-state index contributed by atoms with van der Waals surface area (Å²) in [4.78, 5) is 19.9. The minimum Gasteiger partial charge on any atom is -0.461 e. The molecule has 0 radical (unpaired) electrons. The quantitative estimate of drug-likeness (QED) is 0.791. The Morgan fingerprint density at radius 2 is 2.40 bits per heavy atom. The van der Waals surface area contributed by atoms with E-state index in [1.807, 2.05) is 0 Å². The lowest BCUT2D eigenvalue weighted by Gasteiger charge is -2.04. The molecule has 0 unspecified atom stereocenters. The second-order valence-electron chi connectivity index (χ2n) is 3.42. The van der Waals surface area contributed by atoms with Crippen molar-refractivity contribution in [2.75, 3.05) is 6.61 Å². The van der Waals surface area contributed by atoms with Crippen LogP contribution in [-0.2, 0) is 4.74 Å². The zero-order chi connectivity index (χ0) is 10.8. The summed E-state index contributed by atoms with van der Waals surface area (Å²) in [6.45, 7) is 2.13. The van der Waals surface area contributed by atoms with Crippen molar-refractivity contribution in [3.8, 4) is 0 Å². The van der Waals surface area contributed by atoms with E-state index in [4.69, 9.17) is 4.74 Å². The lowest BCUT2D eigenvalue weighted by molar-refractivity contribution is 0.0517. The van der Waals surface area contributed by atoms with Gasteiger partial charge in [-0.1, -0.05) is 0 Å². The molecule has 1 heterocycles. The van der Waals surface area contributed by atoms with Crippen molar-refractivity contribution < 1.29 is 9.53 Å². The normalized spacial score (nSPS) is 15.1. The first-order valence-electron chi connectivity index (χ1n) is 4.92. The summed E-state index contributed by atoms with van der Waals surface area (Å²) in [6, 6.07) is 0. The number of esters is 1. The zero-order valence-electron chi connectivity index (χ0n) is 8.36. The first-order valence-corrected chi connectivity index (χ1v) is 5.71. The molecule has 2 rings (SSSR count). The molecule has 0 bridgehead atoms. The fourth-order valence-corrected chi connectivity index (χ4v) is 1.61. The van der Waals surface area contributed by atoms with Crippen molar-refractivity contribution in [2.24, 2.45) is 0 Å². The number of rotatable bonds is 3. The van der Waals surface area contributed by atoms with Crippen LogP contribution in [0.4, 0.5) is 0 Å². The number of carbonyl (C=O) groups excluding carboxylic acids is 1. The van der Waals surface area contributed by atoms with Gasteiger partial charge in [-0.2, -0.15) is 0 Å². The van der Waals surface area contributed by atoms with Crippen molar-refractivity contribution in [1.29, 1.82) is 0 Å². The molecule has 80 valence electrons. The minimum absolute atomic E-state index is 0.328. The van der Waals surface area contributed by atoms with Crippen LogP contribution < -0.4 is 0 Å². The third-order valence-electron chi connectivity index (χ3n) is 2.17. The van der Waals surface area contributed by atoms with Crippen molar-refractivity contribution in [1.82, 2.24) is 9.97 Å². The summed E-state index contributed by atoms with van der Waals surface area (Å²) >= 11 is 3.24. The Bertz CT molecular complexity index is 391. The molecule has 1 aromatic rings. The van der Waals surface area contributed by atoms with E-state index in [2.05, 4.69) is 25.9 Å². The van der Waals surface area contributed by atoms with Gasteiger partial charge < -0.3 is 4.74 Å². The third kappa shape index (κ3) is 2.34. The van der Waals surface area contributed by atoms with Crippen LogP contribution in [0.25, 0.3) is 0 Å². The predicted octanol–water partition coefficient (Wildman–Crippen LogP) is 2.29. The molecule has 4 nitrogen and oxygen atoms in total. The summed E-state index contributed by atoms with van der Waals surface area (Å²) < 4.78 is 5.49. The Morgan fingerprint density at radius 1 is 1.67 bits per heavy atom. The Hall–Kier alpha value is -0.970. The second kappa shape index (κ2) is 4.26. The van der Waals surface area contributed by atoms with Crippen molar-refractivity contribution in [2.45, 2.75) is 25.7 Å². The van der Waals surface area contributed by atoms with Gasteiger partial charge in [0.15, 0.2) is 5.69 Å². The second-order valence-corrected chi connectivity index (χ2v) is 4.27. The van der Waals surface area contributed by atoms with E-state index in [0.29, 0.717) is 22.7 Å². The van der Waals surface area contributed by atoms with Gasteiger partial charge in [0.2, 0.25) is 0 Å². The maximum Gasteiger partial charge on any atom is 0.358 e. The number of aromatic nitrogens is 2. The van der Waals surface area contributed by atoms with Gasteiger partial charge in [-0.25, -0.2) is 14.8 Å². The molecule has 15 heavy (non-hydrogen) atoms. The summed E-state index contributed by atoms with van der Waals surface area (Å²) in [5.41, 5.74) is 0.328. The number of nitrogens with zero attached hydrogens (tertiary/aromatic N) is 2. The van der Waals surface area contributed by atoms with Crippen LogP contribution >= 0.6 is 15.9 Å². The predicted molar refractivity (Wildman–Crippen MR) is 57.7 cm³/mol. The van der Waals surface area contributed by atoms with Gasteiger partial charge in [0.05, 0.1) is 11.1 Å². The molecule has 1 saturated carbocycles. The molecule has 0 aromatic carbocycles. The third-order valence-corrected chi connectivity index (χ3v) is 2.75. The Morgan fingerprint density at radius 3 is 3.00 bits per heavy atom. The topological polar surface area (TPSA) is 52.1 Å². The van der Waals surface area contributed by atoms with Gasteiger partial charge in [-0.15, -0.1) is 0 Å². The lowest BCUT2D eigenvalue weighted by Crippen LogP contribution is -2.10. The molecule has 0 saturated heterocycles. The van der Waals surface area contributed by atoms with Gasteiger partial charge in [0.25, 0.3) is 0 Å². The van der Waals surface area contributed by atoms with Crippen molar-refractivity contribution in [3.05, 3.63) is 22.2 Å². The highest BCUT2D eigenvalue weighted by Gasteiger charge is 2.28. The Kier molecular flexibility index (Phi) is 3.00. The van der Waals surface area contributed by atoms with E-state index in [-0.39, 0.29) is 0 Å². The van der Waals surface area contributed by atoms with Crippen LogP contribution in [0.1, 0.15) is 42.0 Å². The molecule has 0 atom stereocenters. The van der Waals surface area contributed by atoms with E-state index in [1.54, 1.807) is 13.1 Å². The molecule has 0 N–H and O–H groups in total. The molecule has 1 aliphatic carbocycles. The highest BCUT2D eigenvalue weighted by molar-refractivity contribution is 9.10. The van der Waals surface area contributed by atoms with E-state index in [1.165, 1.54) is 0 Å². The first-order chi connectivity index (χ1) is 7.22. The van der Waals surface area contributed by atoms with Gasteiger partial charge in [0.1, 0.15) is 5.82 Å². The number of hydrogen-bond acceptors (Lipinski definition) is 4. The van der Waals surface area contributed by atoms with E-state index in [0.717, 1.165) is 18.7 Å². The SMILES string of the molecule is CCOC(=O)c1nc(C2CC2)ncc1Br. The number of halogens is 1. The van der Waals surface area contributed by atoms with Gasteiger partial charge in [-0.3, -0.25) is 0 Å². The van der Waals surface area contributed by atoms with E-state index < -0.39 is 5.97 Å².